The lowest BCUT2D eigenvalue weighted by Crippen LogP contribution is -2.48. The summed E-state index contributed by atoms with van der Waals surface area (Å²) in [5, 5.41) is 0. The molecule has 0 saturated carbocycles. The molecule has 0 aromatic heterocycles. The van der Waals surface area contributed by atoms with Crippen molar-refractivity contribution < 1.29 is 35.9 Å². The molecule has 0 N–H and O–H groups in total. The Balaban J connectivity index is 1.69. The summed E-state index contributed by atoms with van der Waals surface area (Å²) in [6.07, 6.45) is -3.83. The molecular weight excluding hydrogens is 412 g/mol. The van der Waals surface area contributed by atoms with Gasteiger partial charge in [0.1, 0.15) is 0 Å². The predicted octanol–water partition coefficient (Wildman–Crippen LogP) is 4.97. The number of rotatable bonds is 1. The van der Waals surface area contributed by atoms with Crippen LogP contribution in [0.1, 0.15) is 42.4 Å². The third-order valence-electron chi connectivity index (χ3n) is 6.57. The maximum absolute atomic E-state index is 13.4. The molecule has 3 nitrogen and oxygen atoms in total. The summed E-state index contributed by atoms with van der Waals surface area (Å²) in [7, 11) is 0. The normalized spacial score (nSPS) is 31.1. The predicted molar refractivity (Wildman–Crippen MR) is 94.1 cm³/mol. The summed E-state index contributed by atoms with van der Waals surface area (Å²) in [5.41, 5.74) is -3.32. The molecule has 4 aliphatic rings. The molecule has 3 atom stereocenters. The molecule has 3 heterocycles. The average molecular weight is 429 g/mol. The minimum atomic E-state index is -4.93. The van der Waals surface area contributed by atoms with Crippen molar-refractivity contribution in [3.05, 3.63) is 52.6 Å². The van der Waals surface area contributed by atoms with Crippen molar-refractivity contribution in [1.82, 2.24) is 4.90 Å². The van der Waals surface area contributed by atoms with Gasteiger partial charge in [-0.2, -0.15) is 26.3 Å². The first-order valence-electron chi connectivity index (χ1n) is 9.72. The molecule has 160 valence electrons. The molecule has 2 bridgehead atoms. The van der Waals surface area contributed by atoms with Crippen LogP contribution in [0.15, 0.2) is 35.9 Å². The van der Waals surface area contributed by atoms with Crippen molar-refractivity contribution in [2.45, 2.75) is 55.7 Å². The Morgan fingerprint density at radius 2 is 1.67 bits per heavy atom. The van der Waals surface area contributed by atoms with Gasteiger partial charge in [0.05, 0.1) is 17.2 Å². The molecule has 9 heteroatoms. The van der Waals surface area contributed by atoms with Gasteiger partial charge in [-0.05, 0) is 48.7 Å². The summed E-state index contributed by atoms with van der Waals surface area (Å²) in [5.74, 6) is -0.605. The number of carbonyl (C=O) groups excluding carboxylic acids is 1. The van der Waals surface area contributed by atoms with Crippen LogP contribution < -0.4 is 0 Å². The molecule has 0 amide bonds. The fourth-order valence-electron chi connectivity index (χ4n) is 5.42. The van der Waals surface area contributed by atoms with E-state index in [1.165, 1.54) is 6.08 Å². The Kier molecular flexibility index (Phi) is 4.01. The number of alkyl halides is 6. The number of nitrogens with zero attached hydrogens (tertiary/aromatic N) is 1. The Labute approximate surface area is 168 Å². The number of esters is 1. The Bertz CT molecular complexity index is 960. The van der Waals surface area contributed by atoms with Crippen LogP contribution in [0.4, 0.5) is 26.3 Å². The van der Waals surface area contributed by atoms with Gasteiger partial charge in [-0.1, -0.05) is 12.5 Å². The number of piperidine rings is 1. The molecule has 0 radical (unpaired) electrons. The van der Waals surface area contributed by atoms with Gasteiger partial charge in [-0.3, -0.25) is 4.90 Å². The van der Waals surface area contributed by atoms with Crippen LogP contribution in [0, 0.1) is 0 Å². The molecule has 2 saturated heterocycles. The van der Waals surface area contributed by atoms with Crippen molar-refractivity contribution in [2.75, 3.05) is 6.54 Å². The lowest BCUT2D eigenvalue weighted by atomic mass is 9.74. The van der Waals surface area contributed by atoms with Crippen LogP contribution >= 0.6 is 0 Å². The van der Waals surface area contributed by atoms with Gasteiger partial charge >= 0.3 is 18.3 Å². The SMILES string of the molecule is O=C1C=C2C(c3cc(C(F)(F)F)cc(C(F)(F)F)c3)=C[C@@H]3C[C@@]2(O1)C1CCCCN13. The van der Waals surface area contributed by atoms with Gasteiger partial charge in [0, 0.05) is 24.1 Å². The second-order valence-corrected chi connectivity index (χ2v) is 8.26. The van der Waals surface area contributed by atoms with Crippen LogP contribution in [0.2, 0.25) is 0 Å². The largest absolute Gasteiger partial charge is 0.449 e. The number of benzene rings is 1. The van der Waals surface area contributed by atoms with Crippen LogP contribution in [0.25, 0.3) is 5.57 Å². The Hall–Kier alpha value is -2.29. The average Bonchev–Trinajstić information content (AvgIpc) is 3.14. The summed E-state index contributed by atoms with van der Waals surface area (Å²) < 4.78 is 85.8. The van der Waals surface area contributed by atoms with E-state index in [1.54, 1.807) is 6.08 Å². The number of ether oxygens (including phenoxy) is 1. The monoisotopic (exact) mass is 429 g/mol. The smallest absolute Gasteiger partial charge is 0.416 e. The maximum atomic E-state index is 13.4. The minimum Gasteiger partial charge on any atom is -0.449 e. The van der Waals surface area contributed by atoms with Gasteiger partial charge in [-0.25, -0.2) is 4.79 Å². The van der Waals surface area contributed by atoms with Crippen LogP contribution in [0.5, 0.6) is 0 Å². The zero-order chi connectivity index (χ0) is 21.5. The fraction of sp³-hybridized carbons (Fsp3) is 0.476. The molecule has 1 aliphatic carbocycles. The topological polar surface area (TPSA) is 29.5 Å². The highest BCUT2D eigenvalue weighted by molar-refractivity contribution is 5.97. The molecule has 1 spiro atoms. The molecule has 1 unspecified atom stereocenters. The molecule has 1 aromatic rings. The molecule has 2 fully saturated rings. The highest BCUT2D eigenvalue weighted by Gasteiger charge is 2.61. The number of fused-ring (bicyclic) bond motifs is 3. The van der Waals surface area contributed by atoms with Crippen molar-refractivity contribution >= 4 is 11.5 Å². The lowest BCUT2D eigenvalue weighted by Gasteiger charge is -2.38. The van der Waals surface area contributed by atoms with E-state index in [2.05, 4.69) is 4.90 Å². The van der Waals surface area contributed by atoms with Gasteiger partial charge in [0.25, 0.3) is 0 Å². The first-order chi connectivity index (χ1) is 14.0. The zero-order valence-corrected chi connectivity index (χ0v) is 15.6. The third kappa shape index (κ3) is 2.81. The lowest BCUT2D eigenvalue weighted by molar-refractivity contribution is -0.148. The number of hydrogen-bond acceptors (Lipinski definition) is 3. The summed E-state index contributed by atoms with van der Waals surface area (Å²) in [6.45, 7) is 0.752. The fourth-order valence-corrected chi connectivity index (χ4v) is 5.42. The zero-order valence-electron chi connectivity index (χ0n) is 15.6. The highest BCUT2D eigenvalue weighted by atomic mass is 19.4. The summed E-state index contributed by atoms with van der Waals surface area (Å²) in [4.78, 5) is 14.4. The van der Waals surface area contributed by atoms with E-state index in [9.17, 15) is 31.1 Å². The number of halogens is 6. The van der Waals surface area contributed by atoms with Gasteiger partial charge in [-0.15, -0.1) is 0 Å². The second-order valence-electron chi connectivity index (χ2n) is 8.26. The number of carbonyl (C=O) groups is 1. The van der Waals surface area contributed by atoms with E-state index in [0.717, 1.165) is 37.9 Å². The van der Waals surface area contributed by atoms with Gasteiger partial charge in [0.2, 0.25) is 0 Å². The number of hydrogen-bond donors (Lipinski definition) is 0. The minimum absolute atomic E-state index is 0.115. The second kappa shape index (κ2) is 6.12. The summed E-state index contributed by atoms with van der Waals surface area (Å²) >= 11 is 0. The van der Waals surface area contributed by atoms with Gasteiger partial charge < -0.3 is 4.74 Å². The Morgan fingerprint density at radius 3 is 2.30 bits per heavy atom. The molecule has 3 aliphatic heterocycles. The van der Waals surface area contributed by atoms with E-state index in [0.29, 0.717) is 12.0 Å². The van der Waals surface area contributed by atoms with E-state index in [-0.39, 0.29) is 29.3 Å². The summed E-state index contributed by atoms with van der Waals surface area (Å²) in [6, 6.07) is 1.25. The van der Waals surface area contributed by atoms with Crippen LogP contribution in [0.3, 0.4) is 0 Å². The molecule has 1 aromatic carbocycles. The molecule has 5 rings (SSSR count). The van der Waals surface area contributed by atoms with Crippen LogP contribution in [-0.2, 0) is 21.9 Å². The van der Waals surface area contributed by atoms with Crippen molar-refractivity contribution in [2.24, 2.45) is 0 Å². The third-order valence-corrected chi connectivity index (χ3v) is 6.57. The molecular formula is C21H17F6NO2. The first kappa shape index (κ1) is 19.7. The van der Waals surface area contributed by atoms with E-state index in [4.69, 9.17) is 4.74 Å². The standard InChI is InChI=1S/C21H17F6NO2/c22-20(23,24)12-5-11(6-13(7-12)21(25,26)27)15-8-14-10-19(16(15)9-18(29)30-19)17-3-1-2-4-28(14)17/h5-9,14,17H,1-4,10H2/t14-,17?,19+/m1/s1. The van der Waals surface area contributed by atoms with Crippen molar-refractivity contribution in [3.8, 4) is 0 Å². The molecule has 30 heavy (non-hydrogen) atoms. The van der Waals surface area contributed by atoms with Gasteiger partial charge in [0.15, 0.2) is 5.60 Å². The first-order valence-corrected chi connectivity index (χ1v) is 9.72. The Morgan fingerprint density at radius 1 is 1.00 bits per heavy atom. The van der Waals surface area contributed by atoms with Crippen molar-refractivity contribution in [1.29, 1.82) is 0 Å². The highest BCUT2D eigenvalue weighted by Crippen LogP contribution is 2.56. The van der Waals surface area contributed by atoms with E-state index in [1.807, 2.05) is 0 Å². The van der Waals surface area contributed by atoms with E-state index < -0.39 is 35.0 Å². The van der Waals surface area contributed by atoms with E-state index >= 15 is 0 Å². The van der Waals surface area contributed by atoms with Crippen molar-refractivity contribution in [3.63, 3.8) is 0 Å². The van der Waals surface area contributed by atoms with Crippen LogP contribution in [-0.4, -0.2) is 35.1 Å². The maximum Gasteiger partial charge on any atom is 0.416 e. The quantitative estimate of drug-likeness (QED) is 0.467.